The van der Waals surface area contributed by atoms with Crippen molar-refractivity contribution in [2.75, 3.05) is 26.2 Å². The van der Waals surface area contributed by atoms with Crippen molar-refractivity contribution in [2.24, 2.45) is 17.8 Å². The molecule has 2 saturated carbocycles. The van der Waals surface area contributed by atoms with Gasteiger partial charge >= 0.3 is 0 Å². The molecular formula is C25H34F2N2O2. The Kier molecular flexibility index (Phi) is 5.93. The number of fused-ring (bicyclic) bond motifs is 2. The summed E-state index contributed by atoms with van der Waals surface area (Å²) >= 11 is 0. The fourth-order valence-electron chi connectivity index (χ4n) is 6.55. The molecule has 3 atom stereocenters. The fraction of sp³-hybridized carbons (Fsp3) is 0.720. The SMILES string of the molecule is Cc1cc(F)c(OC2CCN(C(=O)C3CCN(C4CC5CCC4C5)CC3)CC2)c(F)c1. The van der Waals surface area contributed by atoms with Crippen LogP contribution in [0.2, 0.25) is 0 Å². The van der Waals surface area contributed by atoms with Crippen LogP contribution in [0.1, 0.15) is 56.9 Å². The van der Waals surface area contributed by atoms with Crippen LogP contribution < -0.4 is 4.74 Å². The first kappa shape index (κ1) is 21.2. The summed E-state index contributed by atoms with van der Waals surface area (Å²) in [5, 5.41) is 0. The van der Waals surface area contributed by atoms with Crippen LogP contribution in [-0.2, 0) is 4.79 Å². The van der Waals surface area contributed by atoms with Crippen LogP contribution in [0.25, 0.3) is 0 Å². The second-order valence-corrected chi connectivity index (χ2v) is 10.3. The monoisotopic (exact) mass is 432 g/mol. The lowest BCUT2D eigenvalue weighted by Gasteiger charge is -2.41. The summed E-state index contributed by atoms with van der Waals surface area (Å²) in [5.41, 5.74) is 0.536. The maximum Gasteiger partial charge on any atom is 0.225 e. The fourth-order valence-corrected chi connectivity index (χ4v) is 6.55. The van der Waals surface area contributed by atoms with E-state index in [4.69, 9.17) is 4.74 Å². The largest absolute Gasteiger partial charge is 0.484 e. The number of carbonyl (C=O) groups excluding carboxylic acids is 1. The zero-order valence-corrected chi connectivity index (χ0v) is 18.5. The normalized spacial score (nSPS) is 30.2. The number of ether oxygens (including phenoxy) is 1. The van der Waals surface area contributed by atoms with Crippen molar-refractivity contribution in [1.29, 1.82) is 0 Å². The zero-order chi connectivity index (χ0) is 21.5. The van der Waals surface area contributed by atoms with E-state index < -0.39 is 11.6 Å². The van der Waals surface area contributed by atoms with Crippen LogP contribution in [0.4, 0.5) is 8.78 Å². The van der Waals surface area contributed by atoms with Crippen molar-refractivity contribution >= 4 is 5.91 Å². The standard InChI is InChI=1S/C25H34F2N2O2/c1-16-12-21(26)24(22(27)13-16)31-20-6-10-29(11-7-20)25(30)18-4-8-28(9-5-18)23-15-17-2-3-19(23)14-17/h12-13,17-20,23H,2-11,14-15H2,1H3. The second kappa shape index (κ2) is 8.68. The van der Waals surface area contributed by atoms with Gasteiger partial charge in [-0.25, -0.2) is 8.78 Å². The van der Waals surface area contributed by atoms with E-state index in [9.17, 15) is 13.6 Å². The van der Waals surface area contributed by atoms with Crippen molar-refractivity contribution in [3.05, 3.63) is 29.3 Å². The van der Waals surface area contributed by atoms with Crippen molar-refractivity contribution in [3.8, 4) is 5.75 Å². The summed E-state index contributed by atoms with van der Waals surface area (Å²) in [5.74, 6) is 0.650. The van der Waals surface area contributed by atoms with Gasteiger partial charge in [-0.3, -0.25) is 4.79 Å². The molecule has 2 aliphatic heterocycles. The lowest BCUT2D eigenvalue weighted by Crippen LogP contribution is -2.49. The highest BCUT2D eigenvalue weighted by Gasteiger charge is 2.43. The number of hydrogen-bond acceptors (Lipinski definition) is 3. The van der Waals surface area contributed by atoms with Crippen LogP contribution in [0.5, 0.6) is 5.75 Å². The van der Waals surface area contributed by atoms with Gasteiger partial charge in [0.15, 0.2) is 17.4 Å². The van der Waals surface area contributed by atoms with Gasteiger partial charge in [0.25, 0.3) is 0 Å². The third kappa shape index (κ3) is 4.33. The van der Waals surface area contributed by atoms with Gasteiger partial charge < -0.3 is 14.5 Å². The smallest absolute Gasteiger partial charge is 0.225 e. The Labute approximate surface area is 183 Å². The highest BCUT2D eigenvalue weighted by atomic mass is 19.1. The minimum absolute atomic E-state index is 0.124. The van der Waals surface area contributed by atoms with Gasteiger partial charge in [-0.2, -0.15) is 0 Å². The Hall–Kier alpha value is -1.69. The number of hydrogen-bond donors (Lipinski definition) is 0. The molecule has 2 aliphatic carbocycles. The van der Waals surface area contributed by atoms with Crippen LogP contribution in [0.15, 0.2) is 12.1 Å². The van der Waals surface area contributed by atoms with Gasteiger partial charge in [-0.05, 0) is 81.6 Å². The van der Waals surface area contributed by atoms with Gasteiger partial charge in [0.1, 0.15) is 6.10 Å². The predicted molar refractivity (Wildman–Crippen MR) is 115 cm³/mol. The molecule has 4 nitrogen and oxygen atoms in total. The molecule has 31 heavy (non-hydrogen) atoms. The number of halogens is 2. The van der Waals surface area contributed by atoms with Crippen LogP contribution in [0, 0.1) is 36.3 Å². The van der Waals surface area contributed by atoms with Crippen LogP contribution >= 0.6 is 0 Å². The van der Waals surface area contributed by atoms with E-state index in [2.05, 4.69) is 4.90 Å². The highest BCUT2D eigenvalue weighted by molar-refractivity contribution is 5.79. The van der Waals surface area contributed by atoms with Crippen molar-refractivity contribution in [3.63, 3.8) is 0 Å². The van der Waals surface area contributed by atoms with Gasteiger partial charge in [-0.1, -0.05) is 6.42 Å². The van der Waals surface area contributed by atoms with Crippen molar-refractivity contribution in [2.45, 2.75) is 70.4 Å². The molecule has 0 spiro atoms. The molecule has 2 heterocycles. The summed E-state index contributed by atoms with van der Waals surface area (Å²) in [6.07, 6.45) is 8.53. The maximum absolute atomic E-state index is 14.1. The number of piperidine rings is 2. The molecule has 2 saturated heterocycles. The van der Waals surface area contributed by atoms with E-state index in [0.29, 0.717) is 31.5 Å². The van der Waals surface area contributed by atoms with E-state index in [1.165, 1.54) is 37.8 Å². The zero-order valence-electron chi connectivity index (χ0n) is 18.5. The summed E-state index contributed by atoms with van der Waals surface area (Å²) in [7, 11) is 0. The molecule has 1 aromatic rings. The van der Waals surface area contributed by atoms with Crippen LogP contribution in [-0.4, -0.2) is 54.0 Å². The average molecular weight is 433 g/mol. The summed E-state index contributed by atoms with van der Waals surface area (Å²) in [4.78, 5) is 17.7. The van der Waals surface area contributed by atoms with Crippen LogP contribution in [0.3, 0.4) is 0 Å². The summed E-state index contributed by atoms with van der Waals surface area (Å²) < 4.78 is 33.8. The number of nitrogens with zero attached hydrogens (tertiary/aromatic N) is 2. The Bertz CT molecular complexity index is 793. The Balaban J connectivity index is 1.09. The number of likely N-dealkylation sites (tertiary alicyclic amines) is 2. The van der Waals surface area contributed by atoms with Crippen molar-refractivity contribution < 1.29 is 18.3 Å². The van der Waals surface area contributed by atoms with Gasteiger partial charge in [0.2, 0.25) is 5.91 Å². The van der Waals surface area contributed by atoms with Crippen molar-refractivity contribution in [1.82, 2.24) is 9.80 Å². The molecule has 0 aromatic heterocycles. The average Bonchev–Trinajstić information content (AvgIpc) is 3.40. The third-order valence-electron chi connectivity index (χ3n) is 8.23. The van der Waals surface area contributed by atoms with E-state index in [-0.39, 0.29) is 23.7 Å². The molecule has 0 radical (unpaired) electrons. The maximum atomic E-state index is 14.1. The van der Waals surface area contributed by atoms with E-state index in [1.807, 2.05) is 4.90 Å². The number of carbonyl (C=O) groups is 1. The minimum Gasteiger partial charge on any atom is -0.484 e. The van der Waals surface area contributed by atoms with Gasteiger partial charge in [-0.15, -0.1) is 0 Å². The second-order valence-electron chi connectivity index (χ2n) is 10.3. The Morgan fingerprint density at radius 3 is 2.19 bits per heavy atom. The highest BCUT2D eigenvalue weighted by Crippen LogP contribution is 2.47. The van der Waals surface area contributed by atoms with E-state index in [0.717, 1.165) is 43.8 Å². The lowest BCUT2D eigenvalue weighted by atomic mass is 9.89. The number of amides is 1. The molecule has 3 unspecified atom stereocenters. The quantitative estimate of drug-likeness (QED) is 0.700. The number of benzene rings is 1. The summed E-state index contributed by atoms with van der Waals surface area (Å²) in [6.45, 7) is 4.96. The molecule has 1 amide bonds. The third-order valence-corrected chi connectivity index (χ3v) is 8.23. The molecule has 4 aliphatic rings. The minimum atomic E-state index is -0.654. The van der Waals surface area contributed by atoms with Gasteiger partial charge in [0.05, 0.1) is 0 Å². The lowest BCUT2D eigenvalue weighted by molar-refractivity contribution is -0.139. The predicted octanol–water partition coefficient (Wildman–Crippen LogP) is 4.54. The first-order chi connectivity index (χ1) is 15.0. The molecule has 6 heteroatoms. The van der Waals surface area contributed by atoms with E-state index in [1.54, 1.807) is 6.92 Å². The molecule has 1 aromatic carbocycles. The Morgan fingerprint density at radius 1 is 0.935 bits per heavy atom. The first-order valence-electron chi connectivity index (χ1n) is 12.1. The van der Waals surface area contributed by atoms with Gasteiger partial charge in [0, 0.05) is 37.9 Å². The molecule has 2 bridgehead atoms. The molecular weight excluding hydrogens is 398 g/mol. The Morgan fingerprint density at radius 2 is 1.61 bits per heavy atom. The first-order valence-corrected chi connectivity index (χ1v) is 12.1. The molecule has 0 N–H and O–H groups in total. The summed E-state index contributed by atoms with van der Waals surface area (Å²) in [6, 6.07) is 3.35. The van der Waals surface area contributed by atoms with E-state index >= 15 is 0 Å². The topological polar surface area (TPSA) is 32.8 Å². The molecule has 170 valence electrons. The molecule has 5 rings (SSSR count). The number of aryl methyl sites for hydroxylation is 1. The molecule has 4 fully saturated rings. The number of rotatable bonds is 4.